The monoisotopic (exact) mass is 299 g/mol. The predicted octanol–water partition coefficient (Wildman–Crippen LogP) is 2.88. The Bertz CT molecular complexity index is 886. The first kappa shape index (κ1) is 13.4. The molecule has 1 aromatic carbocycles. The van der Waals surface area contributed by atoms with Gasteiger partial charge < -0.3 is 15.3 Å². The molecule has 6 heteroatoms. The van der Waals surface area contributed by atoms with E-state index in [0.29, 0.717) is 16.7 Å². The van der Waals surface area contributed by atoms with Crippen LogP contribution in [0.15, 0.2) is 40.5 Å². The van der Waals surface area contributed by atoms with Crippen LogP contribution in [0.1, 0.15) is 10.4 Å². The molecular formula is C15H13N3O2S. The molecule has 0 saturated heterocycles. The molecule has 0 atom stereocenters. The summed E-state index contributed by atoms with van der Waals surface area (Å²) >= 11 is 1.59. The van der Waals surface area contributed by atoms with Gasteiger partial charge in [0.05, 0.1) is 11.0 Å². The van der Waals surface area contributed by atoms with Crippen LogP contribution in [-0.2, 0) is 4.79 Å². The molecule has 2 aromatic heterocycles. The minimum absolute atomic E-state index is 0.208. The number of benzene rings is 1. The molecule has 0 bridgehead atoms. The molecule has 106 valence electrons. The average Bonchev–Trinajstić information content (AvgIpc) is 3.00. The molecule has 0 radical (unpaired) electrons. The second-order valence-corrected chi connectivity index (χ2v) is 5.58. The Labute approximate surface area is 124 Å². The summed E-state index contributed by atoms with van der Waals surface area (Å²) in [6, 6.07) is 7.22. The first-order valence-corrected chi connectivity index (χ1v) is 7.25. The molecule has 0 saturated carbocycles. The van der Waals surface area contributed by atoms with Crippen LogP contribution in [0.5, 0.6) is 0 Å². The molecule has 1 amide bonds. The first-order chi connectivity index (χ1) is 10.1. The summed E-state index contributed by atoms with van der Waals surface area (Å²) in [5.74, 6) is -0.208. The van der Waals surface area contributed by atoms with Crippen molar-refractivity contribution in [2.45, 2.75) is 6.92 Å². The number of hydrogen-bond donors (Lipinski definition) is 3. The zero-order chi connectivity index (χ0) is 14.8. The number of carbonyl (C=O) groups excluding carboxylic acids is 1. The minimum atomic E-state index is -0.262. The number of fused-ring (bicyclic) bond motifs is 1. The summed E-state index contributed by atoms with van der Waals surface area (Å²) in [7, 11) is 0. The lowest BCUT2D eigenvalue weighted by Crippen LogP contribution is -2.07. The maximum Gasteiger partial charge on any atom is 0.323 e. The lowest BCUT2D eigenvalue weighted by atomic mass is 10.2. The number of hydrogen-bond acceptors (Lipinski definition) is 3. The molecule has 21 heavy (non-hydrogen) atoms. The highest BCUT2D eigenvalue weighted by atomic mass is 32.1. The van der Waals surface area contributed by atoms with Crippen molar-refractivity contribution in [1.29, 1.82) is 0 Å². The number of nitrogens with one attached hydrogen (secondary N) is 3. The number of imidazole rings is 1. The van der Waals surface area contributed by atoms with Crippen molar-refractivity contribution in [3.8, 4) is 0 Å². The van der Waals surface area contributed by atoms with E-state index < -0.39 is 0 Å². The molecule has 3 rings (SSSR count). The summed E-state index contributed by atoms with van der Waals surface area (Å²) in [5, 5.41) is 4.76. The maximum atomic E-state index is 11.9. The lowest BCUT2D eigenvalue weighted by molar-refractivity contribution is -0.111. The molecule has 3 N–H and O–H groups in total. The average molecular weight is 299 g/mol. The van der Waals surface area contributed by atoms with Crippen LogP contribution in [0, 0.1) is 6.92 Å². The van der Waals surface area contributed by atoms with Gasteiger partial charge in [-0.15, -0.1) is 11.3 Å². The van der Waals surface area contributed by atoms with E-state index >= 15 is 0 Å². The van der Waals surface area contributed by atoms with Gasteiger partial charge in [0.15, 0.2) is 0 Å². The van der Waals surface area contributed by atoms with Crippen LogP contribution >= 0.6 is 11.3 Å². The third-order valence-corrected chi connectivity index (χ3v) is 4.06. The molecule has 2 heterocycles. The number of carbonyl (C=O) groups is 1. The number of H-pyrrole nitrogens is 2. The zero-order valence-electron chi connectivity index (χ0n) is 11.3. The fourth-order valence-corrected chi connectivity index (χ4v) is 2.82. The smallest absolute Gasteiger partial charge is 0.322 e. The Morgan fingerprint density at radius 1 is 1.24 bits per heavy atom. The van der Waals surface area contributed by atoms with Crippen LogP contribution in [0.2, 0.25) is 0 Å². The quantitative estimate of drug-likeness (QED) is 0.650. The summed E-state index contributed by atoms with van der Waals surface area (Å²) in [6.07, 6.45) is 3.30. The van der Waals surface area contributed by atoms with E-state index in [2.05, 4.69) is 15.3 Å². The number of amides is 1. The SMILES string of the molecule is Cc1ccsc1/C=C/C(=O)Nc1ccc2[nH]c(=O)[nH]c2c1. The van der Waals surface area contributed by atoms with E-state index in [9.17, 15) is 9.59 Å². The van der Waals surface area contributed by atoms with Crippen LogP contribution in [0.4, 0.5) is 5.69 Å². The van der Waals surface area contributed by atoms with Crippen molar-refractivity contribution in [3.05, 3.63) is 56.6 Å². The van der Waals surface area contributed by atoms with Crippen molar-refractivity contribution in [2.24, 2.45) is 0 Å². The van der Waals surface area contributed by atoms with E-state index in [0.717, 1.165) is 10.4 Å². The van der Waals surface area contributed by atoms with Crippen molar-refractivity contribution < 1.29 is 4.79 Å². The molecule has 0 aliphatic heterocycles. The molecule has 3 aromatic rings. The van der Waals surface area contributed by atoms with Gasteiger partial charge in [0.2, 0.25) is 5.91 Å². The van der Waals surface area contributed by atoms with Gasteiger partial charge in [0.25, 0.3) is 0 Å². The minimum Gasteiger partial charge on any atom is -0.322 e. The van der Waals surface area contributed by atoms with E-state index in [1.54, 1.807) is 35.6 Å². The first-order valence-electron chi connectivity index (χ1n) is 6.37. The second-order valence-electron chi connectivity index (χ2n) is 4.63. The Kier molecular flexibility index (Phi) is 3.45. The van der Waals surface area contributed by atoms with E-state index in [1.165, 1.54) is 6.08 Å². The number of aromatic amines is 2. The van der Waals surface area contributed by atoms with Crippen molar-refractivity contribution >= 4 is 40.0 Å². The highest BCUT2D eigenvalue weighted by molar-refractivity contribution is 7.11. The van der Waals surface area contributed by atoms with Crippen molar-refractivity contribution in [2.75, 3.05) is 5.32 Å². The van der Waals surface area contributed by atoms with Crippen LogP contribution in [0.25, 0.3) is 17.1 Å². The van der Waals surface area contributed by atoms with E-state index in [1.807, 2.05) is 18.4 Å². The summed E-state index contributed by atoms with van der Waals surface area (Å²) in [5.41, 5.74) is 2.89. The van der Waals surface area contributed by atoms with Gasteiger partial charge in [-0.25, -0.2) is 4.79 Å². The largest absolute Gasteiger partial charge is 0.323 e. The maximum absolute atomic E-state index is 11.9. The van der Waals surface area contributed by atoms with Gasteiger partial charge in [0.1, 0.15) is 0 Å². The third kappa shape index (κ3) is 2.95. The van der Waals surface area contributed by atoms with Gasteiger partial charge in [-0.2, -0.15) is 0 Å². The molecular weight excluding hydrogens is 286 g/mol. The summed E-state index contributed by atoms with van der Waals surface area (Å²) in [4.78, 5) is 29.4. The Morgan fingerprint density at radius 2 is 2.05 bits per heavy atom. The fourth-order valence-electron chi connectivity index (χ4n) is 2.00. The van der Waals surface area contributed by atoms with E-state index in [-0.39, 0.29) is 11.6 Å². The number of rotatable bonds is 3. The van der Waals surface area contributed by atoms with Gasteiger partial charge in [-0.05, 0) is 48.2 Å². The molecule has 5 nitrogen and oxygen atoms in total. The van der Waals surface area contributed by atoms with Gasteiger partial charge in [0, 0.05) is 16.6 Å². The van der Waals surface area contributed by atoms with Crippen LogP contribution in [-0.4, -0.2) is 15.9 Å². The Balaban J connectivity index is 1.75. The molecule has 0 fully saturated rings. The highest BCUT2D eigenvalue weighted by Crippen LogP contribution is 2.18. The molecule has 0 aliphatic carbocycles. The zero-order valence-corrected chi connectivity index (χ0v) is 12.1. The third-order valence-electron chi connectivity index (χ3n) is 3.07. The predicted molar refractivity (Wildman–Crippen MR) is 85.6 cm³/mol. The second kappa shape index (κ2) is 5.41. The van der Waals surface area contributed by atoms with Gasteiger partial charge >= 0.3 is 5.69 Å². The van der Waals surface area contributed by atoms with E-state index in [4.69, 9.17) is 0 Å². The summed E-state index contributed by atoms with van der Waals surface area (Å²) < 4.78 is 0. The highest BCUT2D eigenvalue weighted by Gasteiger charge is 2.02. The van der Waals surface area contributed by atoms with Gasteiger partial charge in [-0.1, -0.05) is 0 Å². The molecule has 0 unspecified atom stereocenters. The van der Waals surface area contributed by atoms with Crippen molar-refractivity contribution in [3.63, 3.8) is 0 Å². The molecule has 0 spiro atoms. The number of aromatic nitrogens is 2. The Hall–Kier alpha value is -2.60. The van der Waals surface area contributed by atoms with Crippen molar-refractivity contribution in [1.82, 2.24) is 9.97 Å². The summed E-state index contributed by atoms with van der Waals surface area (Å²) in [6.45, 7) is 2.00. The van der Waals surface area contributed by atoms with Gasteiger partial charge in [-0.3, -0.25) is 4.79 Å². The molecule has 0 aliphatic rings. The topological polar surface area (TPSA) is 77.8 Å². The number of aryl methyl sites for hydroxylation is 1. The van der Waals surface area contributed by atoms with Crippen LogP contribution < -0.4 is 11.0 Å². The standard InChI is InChI=1S/C15H13N3O2S/c1-9-6-7-21-13(9)4-5-14(19)16-10-2-3-11-12(8-10)18-15(20)17-11/h2-8H,1H3,(H,16,19)(H2,17,18,20)/b5-4+. The Morgan fingerprint density at radius 3 is 2.81 bits per heavy atom. The lowest BCUT2D eigenvalue weighted by Gasteiger charge is -2.01. The van der Waals surface area contributed by atoms with Crippen LogP contribution in [0.3, 0.4) is 0 Å². The number of thiophene rings is 1. The normalized spacial score (nSPS) is 11.3. The number of anilines is 1. The fraction of sp³-hybridized carbons (Fsp3) is 0.0667.